The van der Waals surface area contributed by atoms with Gasteiger partial charge in [0.2, 0.25) is 0 Å². The molecule has 13 heavy (non-hydrogen) atoms. The van der Waals surface area contributed by atoms with E-state index < -0.39 is 18.2 Å². The molecular formula is C9H15F3O. The van der Waals surface area contributed by atoms with Gasteiger partial charge in [-0.2, -0.15) is 13.2 Å². The van der Waals surface area contributed by atoms with Gasteiger partial charge in [0.05, 0.1) is 5.60 Å². The molecule has 0 spiro atoms. The lowest BCUT2D eigenvalue weighted by molar-refractivity contribution is -0.188. The molecule has 1 atom stereocenters. The maximum Gasteiger partial charge on any atom is 0.389 e. The highest BCUT2D eigenvalue weighted by molar-refractivity contribution is 5.02. The van der Waals surface area contributed by atoms with E-state index in [0.717, 1.165) is 6.42 Å². The molecule has 1 rings (SSSR count). The van der Waals surface area contributed by atoms with Crippen LogP contribution in [0.4, 0.5) is 13.2 Å². The van der Waals surface area contributed by atoms with Crippen LogP contribution in [0.5, 0.6) is 0 Å². The molecule has 1 N–H and O–H groups in total. The molecule has 1 aliphatic rings. The monoisotopic (exact) mass is 196 g/mol. The Morgan fingerprint density at radius 2 is 1.77 bits per heavy atom. The fourth-order valence-electron chi connectivity index (χ4n) is 1.73. The second-order valence-corrected chi connectivity index (χ2v) is 4.53. The van der Waals surface area contributed by atoms with E-state index in [1.807, 2.05) is 13.8 Å². The van der Waals surface area contributed by atoms with Gasteiger partial charge in [0.1, 0.15) is 0 Å². The molecule has 0 bridgehead atoms. The van der Waals surface area contributed by atoms with Crippen molar-refractivity contribution < 1.29 is 18.3 Å². The van der Waals surface area contributed by atoms with Gasteiger partial charge in [0.25, 0.3) is 0 Å². The first kappa shape index (κ1) is 10.8. The van der Waals surface area contributed by atoms with Gasteiger partial charge in [-0.05, 0) is 24.7 Å². The molecule has 1 fully saturated rings. The third-order valence-corrected chi connectivity index (χ3v) is 3.25. The molecule has 4 heteroatoms. The summed E-state index contributed by atoms with van der Waals surface area (Å²) in [7, 11) is 0. The lowest BCUT2D eigenvalue weighted by atomic mass is 9.57. The average Bonchev–Trinajstić information content (AvgIpc) is 1.97. The van der Waals surface area contributed by atoms with Gasteiger partial charge in [-0.15, -0.1) is 0 Å². The molecule has 0 aliphatic heterocycles. The summed E-state index contributed by atoms with van der Waals surface area (Å²) in [6.45, 7) is 3.62. The van der Waals surface area contributed by atoms with Crippen LogP contribution in [0.1, 0.15) is 39.5 Å². The van der Waals surface area contributed by atoms with Crippen LogP contribution in [0.2, 0.25) is 0 Å². The molecule has 1 nitrogen and oxygen atoms in total. The highest BCUT2D eigenvalue weighted by atomic mass is 19.4. The maximum atomic E-state index is 11.9. The van der Waals surface area contributed by atoms with E-state index in [-0.39, 0.29) is 11.8 Å². The van der Waals surface area contributed by atoms with Crippen LogP contribution in [0.3, 0.4) is 0 Å². The Hall–Kier alpha value is -0.250. The largest absolute Gasteiger partial charge is 0.389 e. The fourth-order valence-corrected chi connectivity index (χ4v) is 1.73. The Labute approximate surface area is 75.9 Å². The Morgan fingerprint density at radius 1 is 1.23 bits per heavy atom. The van der Waals surface area contributed by atoms with Crippen LogP contribution in [0.25, 0.3) is 0 Å². The minimum atomic E-state index is -4.15. The van der Waals surface area contributed by atoms with E-state index in [1.165, 1.54) is 0 Å². The van der Waals surface area contributed by atoms with E-state index in [1.54, 1.807) is 0 Å². The standard InChI is InChI=1S/C9H15F3O/c1-7(2)3-4-8(7,13)5-6-9(10,11)12/h13H,3-6H2,1-2H3. The summed E-state index contributed by atoms with van der Waals surface area (Å²) < 4.78 is 35.7. The lowest BCUT2D eigenvalue weighted by Crippen LogP contribution is -2.54. The molecule has 1 unspecified atom stereocenters. The second-order valence-electron chi connectivity index (χ2n) is 4.53. The van der Waals surface area contributed by atoms with Crippen LogP contribution in [-0.4, -0.2) is 16.9 Å². The Kier molecular flexibility index (Phi) is 2.39. The topological polar surface area (TPSA) is 20.2 Å². The van der Waals surface area contributed by atoms with E-state index >= 15 is 0 Å². The lowest BCUT2D eigenvalue weighted by Gasteiger charge is -2.53. The SMILES string of the molecule is CC1(C)CCC1(O)CCC(F)(F)F. The second kappa shape index (κ2) is 2.87. The number of halogens is 3. The van der Waals surface area contributed by atoms with Crippen molar-refractivity contribution in [3.8, 4) is 0 Å². The Balaban J connectivity index is 2.46. The molecule has 78 valence electrons. The quantitative estimate of drug-likeness (QED) is 0.720. The molecule has 1 aliphatic carbocycles. The first-order valence-corrected chi connectivity index (χ1v) is 4.45. The van der Waals surface area contributed by atoms with Crippen LogP contribution in [-0.2, 0) is 0 Å². The van der Waals surface area contributed by atoms with Crippen molar-refractivity contribution in [2.45, 2.75) is 51.3 Å². The van der Waals surface area contributed by atoms with E-state index in [2.05, 4.69) is 0 Å². The number of aliphatic hydroxyl groups is 1. The van der Waals surface area contributed by atoms with Crippen molar-refractivity contribution in [3.63, 3.8) is 0 Å². The summed E-state index contributed by atoms with van der Waals surface area (Å²) in [6, 6.07) is 0. The van der Waals surface area contributed by atoms with E-state index in [9.17, 15) is 18.3 Å². The van der Waals surface area contributed by atoms with Gasteiger partial charge >= 0.3 is 6.18 Å². The van der Waals surface area contributed by atoms with Gasteiger partial charge in [-0.1, -0.05) is 13.8 Å². The first-order valence-electron chi connectivity index (χ1n) is 4.45. The zero-order valence-electron chi connectivity index (χ0n) is 7.91. The normalized spacial score (nSPS) is 32.8. The smallest absolute Gasteiger partial charge is 0.389 e. The zero-order valence-corrected chi connectivity index (χ0v) is 7.91. The van der Waals surface area contributed by atoms with E-state index in [0.29, 0.717) is 6.42 Å². The highest BCUT2D eigenvalue weighted by Crippen LogP contribution is 2.52. The average molecular weight is 196 g/mol. The van der Waals surface area contributed by atoms with Crippen molar-refractivity contribution in [2.24, 2.45) is 5.41 Å². The molecule has 0 amide bonds. The minimum Gasteiger partial charge on any atom is -0.389 e. The van der Waals surface area contributed by atoms with Gasteiger partial charge in [-0.3, -0.25) is 0 Å². The van der Waals surface area contributed by atoms with Crippen LogP contribution < -0.4 is 0 Å². The third kappa shape index (κ3) is 2.16. The summed E-state index contributed by atoms with van der Waals surface area (Å²) in [5.74, 6) is 0. The molecule has 0 aromatic carbocycles. The van der Waals surface area contributed by atoms with E-state index in [4.69, 9.17) is 0 Å². The minimum absolute atomic E-state index is 0.163. The van der Waals surface area contributed by atoms with Crippen LogP contribution in [0.15, 0.2) is 0 Å². The molecule has 1 saturated carbocycles. The highest BCUT2D eigenvalue weighted by Gasteiger charge is 2.52. The molecule has 0 saturated heterocycles. The maximum absolute atomic E-state index is 11.9. The van der Waals surface area contributed by atoms with Gasteiger partial charge < -0.3 is 5.11 Å². The van der Waals surface area contributed by atoms with Crippen molar-refractivity contribution in [1.82, 2.24) is 0 Å². The van der Waals surface area contributed by atoms with Crippen molar-refractivity contribution in [3.05, 3.63) is 0 Å². The number of rotatable bonds is 2. The Morgan fingerprint density at radius 3 is 2.00 bits per heavy atom. The first-order chi connectivity index (χ1) is 5.66. The zero-order chi connectivity index (χ0) is 10.3. The van der Waals surface area contributed by atoms with Crippen LogP contribution >= 0.6 is 0 Å². The predicted octanol–water partition coefficient (Wildman–Crippen LogP) is 2.88. The summed E-state index contributed by atoms with van der Waals surface area (Å²) in [5, 5.41) is 9.80. The van der Waals surface area contributed by atoms with Gasteiger partial charge in [0, 0.05) is 6.42 Å². The summed E-state index contributed by atoms with van der Waals surface area (Å²) in [6.07, 6.45) is -3.89. The molecule has 0 aromatic rings. The molecular weight excluding hydrogens is 181 g/mol. The van der Waals surface area contributed by atoms with Gasteiger partial charge in [-0.25, -0.2) is 0 Å². The summed E-state index contributed by atoms with van der Waals surface area (Å²) in [5.41, 5.74) is -1.44. The number of hydrogen-bond donors (Lipinski definition) is 1. The Bertz CT molecular complexity index is 198. The summed E-state index contributed by atoms with van der Waals surface area (Å²) >= 11 is 0. The molecule has 0 aromatic heterocycles. The van der Waals surface area contributed by atoms with Crippen molar-refractivity contribution >= 4 is 0 Å². The van der Waals surface area contributed by atoms with Crippen molar-refractivity contribution in [2.75, 3.05) is 0 Å². The fraction of sp³-hybridized carbons (Fsp3) is 1.00. The predicted molar refractivity (Wildman–Crippen MR) is 43.3 cm³/mol. The molecule has 0 radical (unpaired) electrons. The van der Waals surface area contributed by atoms with Crippen molar-refractivity contribution in [1.29, 1.82) is 0 Å². The van der Waals surface area contributed by atoms with Crippen LogP contribution in [0, 0.1) is 5.41 Å². The number of alkyl halides is 3. The summed E-state index contributed by atoms with van der Waals surface area (Å²) in [4.78, 5) is 0. The number of hydrogen-bond acceptors (Lipinski definition) is 1. The molecule has 0 heterocycles. The van der Waals surface area contributed by atoms with Gasteiger partial charge in [0.15, 0.2) is 0 Å². The third-order valence-electron chi connectivity index (χ3n) is 3.25.